The zero-order valence-corrected chi connectivity index (χ0v) is 13.0. The monoisotopic (exact) mass is 328 g/mol. The highest BCUT2D eigenvalue weighted by Gasteiger charge is 2.13. The zero-order valence-electron chi connectivity index (χ0n) is 13.0. The van der Waals surface area contributed by atoms with Gasteiger partial charge in [0.15, 0.2) is 0 Å². The molecule has 8 nitrogen and oxygen atoms in total. The molecule has 0 aliphatic carbocycles. The van der Waals surface area contributed by atoms with Crippen LogP contribution in [0.25, 0.3) is 0 Å². The Bertz CT molecular complexity index is 762. The summed E-state index contributed by atoms with van der Waals surface area (Å²) in [6.45, 7) is 1.71. The van der Waals surface area contributed by atoms with E-state index in [0.717, 1.165) is 0 Å². The van der Waals surface area contributed by atoms with E-state index < -0.39 is 10.8 Å². The van der Waals surface area contributed by atoms with E-state index in [2.05, 4.69) is 15.6 Å². The molecule has 0 aliphatic rings. The van der Waals surface area contributed by atoms with Crippen LogP contribution < -0.4 is 10.6 Å². The van der Waals surface area contributed by atoms with E-state index in [0.29, 0.717) is 16.9 Å². The Balaban J connectivity index is 1.84. The van der Waals surface area contributed by atoms with Gasteiger partial charge in [0.05, 0.1) is 4.92 Å². The molecule has 2 rings (SSSR count). The van der Waals surface area contributed by atoms with Crippen LogP contribution in [0.5, 0.6) is 0 Å². The van der Waals surface area contributed by atoms with Gasteiger partial charge < -0.3 is 10.6 Å². The summed E-state index contributed by atoms with van der Waals surface area (Å²) in [6.07, 6.45) is 1.66. The molecule has 8 heteroatoms. The number of hydrogen-bond donors (Lipinski definition) is 2. The summed E-state index contributed by atoms with van der Waals surface area (Å²) in [7, 11) is 0. The van der Waals surface area contributed by atoms with Gasteiger partial charge in [-0.25, -0.2) is 4.98 Å². The molecule has 0 unspecified atom stereocenters. The van der Waals surface area contributed by atoms with Crippen molar-refractivity contribution in [3.63, 3.8) is 0 Å². The summed E-state index contributed by atoms with van der Waals surface area (Å²) >= 11 is 0. The Labute approximate surface area is 138 Å². The van der Waals surface area contributed by atoms with Crippen LogP contribution in [0, 0.1) is 17.0 Å². The van der Waals surface area contributed by atoms with Gasteiger partial charge in [-0.2, -0.15) is 0 Å². The Kier molecular flexibility index (Phi) is 5.56. The number of rotatable bonds is 6. The van der Waals surface area contributed by atoms with Crippen LogP contribution >= 0.6 is 0 Å². The minimum absolute atomic E-state index is 0.0405. The number of nitrogens with one attached hydrogen (secondary N) is 2. The first-order chi connectivity index (χ1) is 11.5. The number of aryl methyl sites for hydroxylation is 1. The van der Waals surface area contributed by atoms with Gasteiger partial charge in [0.2, 0.25) is 5.91 Å². The van der Waals surface area contributed by atoms with E-state index >= 15 is 0 Å². The molecule has 0 bridgehead atoms. The standard InChI is InChI=1S/C16H16N4O4/c1-11-10-12(5-6-13(11)20(23)24)16(22)18-9-7-15(21)19-14-4-2-3-8-17-14/h2-6,8,10H,7,9H2,1H3,(H,18,22)(H,17,19,21). The van der Waals surface area contributed by atoms with Crippen molar-refractivity contribution in [2.24, 2.45) is 0 Å². The number of hydrogen-bond acceptors (Lipinski definition) is 5. The second-order valence-corrected chi connectivity index (χ2v) is 5.03. The van der Waals surface area contributed by atoms with Crippen molar-refractivity contribution >= 4 is 23.3 Å². The number of nitrogens with zero attached hydrogens (tertiary/aromatic N) is 2. The zero-order chi connectivity index (χ0) is 17.5. The van der Waals surface area contributed by atoms with E-state index in [1.165, 1.54) is 18.2 Å². The molecule has 0 atom stereocenters. The van der Waals surface area contributed by atoms with Crippen LogP contribution in [-0.4, -0.2) is 28.3 Å². The van der Waals surface area contributed by atoms with Gasteiger partial charge in [0.1, 0.15) is 5.82 Å². The Morgan fingerprint density at radius 3 is 2.67 bits per heavy atom. The average molecular weight is 328 g/mol. The van der Waals surface area contributed by atoms with Gasteiger partial charge >= 0.3 is 0 Å². The van der Waals surface area contributed by atoms with E-state index in [1.54, 1.807) is 31.3 Å². The predicted octanol–water partition coefficient (Wildman–Crippen LogP) is 2.06. The Morgan fingerprint density at radius 1 is 1.25 bits per heavy atom. The quantitative estimate of drug-likeness (QED) is 0.622. The smallest absolute Gasteiger partial charge is 0.272 e. The van der Waals surface area contributed by atoms with E-state index in [1.807, 2.05) is 0 Å². The first kappa shape index (κ1) is 17.1. The highest BCUT2D eigenvalue weighted by atomic mass is 16.6. The number of benzene rings is 1. The minimum atomic E-state index is -0.501. The second kappa shape index (κ2) is 7.82. The average Bonchev–Trinajstić information content (AvgIpc) is 2.55. The number of carbonyl (C=O) groups is 2. The topological polar surface area (TPSA) is 114 Å². The van der Waals surface area contributed by atoms with Gasteiger partial charge in [0.25, 0.3) is 11.6 Å². The summed E-state index contributed by atoms with van der Waals surface area (Å²) < 4.78 is 0. The summed E-state index contributed by atoms with van der Waals surface area (Å²) in [4.78, 5) is 37.9. The number of pyridine rings is 1. The third kappa shape index (κ3) is 4.60. The normalized spacial score (nSPS) is 10.0. The fourth-order valence-corrected chi connectivity index (χ4v) is 2.04. The molecule has 2 aromatic rings. The SMILES string of the molecule is Cc1cc(C(=O)NCCC(=O)Nc2ccccn2)ccc1[N+](=O)[O-]. The molecule has 2 amide bonds. The molecular formula is C16H16N4O4. The van der Waals surface area contributed by atoms with Crippen LogP contribution in [0.1, 0.15) is 22.3 Å². The van der Waals surface area contributed by atoms with E-state index in [4.69, 9.17) is 0 Å². The van der Waals surface area contributed by atoms with Crippen molar-refractivity contribution in [2.75, 3.05) is 11.9 Å². The summed E-state index contributed by atoms with van der Waals surface area (Å²) in [5.41, 5.74) is 0.671. The van der Waals surface area contributed by atoms with Crippen LogP contribution in [0.15, 0.2) is 42.6 Å². The minimum Gasteiger partial charge on any atom is -0.352 e. The summed E-state index contributed by atoms with van der Waals surface area (Å²) in [5.74, 6) is -0.215. The van der Waals surface area contributed by atoms with Crippen molar-refractivity contribution < 1.29 is 14.5 Å². The lowest BCUT2D eigenvalue weighted by molar-refractivity contribution is -0.385. The van der Waals surface area contributed by atoms with Gasteiger partial charge in [-0.1, -0.05) is 6.07 Å². The van der Waals surface area contributed by atoms with Gasteiger partial charge in [0, 0.05) is 36.4 Å². The first-order valence-electron chi connectivity index (χ1n) is 7.21. The fraction of sp³-hybridized carbons (Fsp3) is 0.188. The van der Waals surface area contributed by atoms with Crippen molar-refractivity contribution in [1.82, 2.24) is 10.3 Å². The largest absolute Gasteiger partial charge is 0.352 e. The molecule has 1 aromatic heterocycles. The van der Waals surface area contributed by atoms with Crippen molar-refractivity contribution in [2.45, 2.75) is 13.3 Å². The number of carbonyl (C=O) groups excluding carboxylic acids is 2. The molecule has 0 saturated carbocycles. The predicted molar refractivity (Wildman–Crippen MR) is 87.7 cm³/mol. The maximum Gasteiger partial charge on any atom is 0.272 e. The third-order valence-electron chi connectivity index (χ3n) is 3.23. The molecule has 0 aliphatic heterocycles. The van der Waals surface area contributed by atoms with Crippen molar-refractivity contribution in [3.05, 3.63) is 63.8 Å². The third-order valence-corrected chi connectivity index (χ3v) is 3.23. The lowest BCUT2D eigenvalue weighted by Crippen LogP contribution is -2.27. The molecule has 1 aromatic carbocycles. The fourth-order valence-electron chi connectivity index (χ4n) is 2.04. The van der Waals surface area contributed by atoms with Crippen molar-refractivity contribution in [1.29, 1.82) is 0 Å². The maximum absolute atomic E-state index is 12.0. The molecule has 2 N–H and O–H groups in total. The number of anilines is 1. The van der Waals surface area contributed by atoms with Crippen LogP contribution in [0.2, 0.25) is 0 Å². The summed E-state index contributed by atoms with van der Waals surface area (Å²) in [6, 6.07) is 9.27. The Hall–Kier alpha value is -3.29. The van der Waals surface area contributed by atoms with Crippen LogP contribution in [0.3, 0.4) is 0 Å². The summed E-state index contributed by atoms with van der Waals surface area (Å²) in [5, 5.41) is 16.0. The molecule has 24 heavy (non-hydrogen) atoms. The highest BCUT2D eigenvalue weighted by molar-refractivity contribution is 5.95. The lowest BCUT2D eigenvalue weighted by Gasteiger charge is -2.07. The first-order valence-corrected chi connectivity index (χ1v) is 7.21. The molecule has 0 fully saturated rings. The molecule has 0 spiro atoms. The number of nitro groups is 1. The number of amides is 2. The maximum atomic E-state index is 12.0. The van der Waals surface area contributed by atoms with Gasteiger partial charge in [-0.05, 0) is 31.2 Å². The molecule has 0 saturated heterocycles. The van der Waals surface area contributed by atoms with Crippen LogP contribution in [0.4, 0.5) is 11.5 Å². The van der Waals surface area contributed by atoms with Crippen molar-refractivity contribution in [3.8, 4) is 0 Å². The molecule has 124 valence electrons. The molecule has 0 radical (unpaired) electrons. The van der Waals surface area contributed by atoms with E-state index in [-0.39, 0.29) is 24.6 Å². The van der Waals surface area contributed by atoms with Gasteiger partial charge in [-0.15, -0.1) is 0 Å². The highest BCUT2D eigenvalue weighted by Crippen LogP contribution is 2.18. The number of nitro benzene ring substituents is 1. The molecular weight excluding hydrogens is 312 g/mol. The second-order valence-electron chi connectivity index (χ2n) is 5.03. The van der Waals surface area contributed by atoms with E-state index in [9.17, 15) is 19.7 Å². The number of aromatic nitrogens is 1. The Morgan fingerprint density at radius 2 is 2.04 bits per heavy atom. The van der Waals surface area contributed by atoms with Crippen LogP contribution in [-0.2, 0) is 4.79 Å². The molecule has 1 heterocycles. The van der Waals surface area contributed by atoms with Gasteiger partial charge in [-0.3, -0.25) is 19.7 Å². The lowest BCUT2D eigenvalue weighted by atomic mass is 10.1.